The molecule has 0 fully saturated rings. The van der Waals surface area contributed by atoms with Gasteiger partial charge in [0.15, 0.2) is 0 Å². The SMILES string of the molecule is O=C(NCc1cccc(Br)c1)c1cccn1-c1cccnc1. The molecule has 0 saturated carbocycles. The number of hydrogen-bond acceptors (Lipinski definition) is 2. The fourth-order valence-corrected chi connectivity index (χ4v) is 2.65. The molecule has 2 aromatic heterocycles. The summed E-state index contributed by atoms with van der Waals surface area (Å²) in [5.41, 5.74) is 2.49. The van der Waals surface area contributed by atoms with Gasteiger partial charge in [0.1, 0.15) is 5.69 Å². The summed E-state index contributed by atoms with van der Waals surface area (Å²) in [6.45, 7) is 0.483. The van der Waals surface area contributed by atoms with E-state index in [-0.39, 0.29) is 5.91 Å². The maximum atomic E-state index is 12.4. The van der Waals surface area contributed by atoms with Crippen molar-refractivity contribution in [2.45, 2.75) is 6.54 Å². The van der Waals surface area contributed by atoms with Crippen LogP contribution in [0.3, 0.4) is 0 Å². The van der Waals surface area contributed by atoms with E-state index in [0.29, 0.717) is 12.2 Å². The number of pyridine rings is 1. The largest absolute Gasteiger partial charge is 0.347 e. The number of rotatable bonds is 4. The van der Waals surface area contributed by atoms with E-state index in [1.54, 1.807) is 18.5 Å². The molecule has 0 aliphatic carbocycles. The average Bonchev–Trinajstić information content (AvgIpc) is 3.03. The van der Waals surface area contributed by atoms with Gasteiger partial charge in [0.2, 0.25) is 0 Å². The Kier molecular flexibility index (Phi) is 4.34. The second kappa shape index (κ2) is 6.58. The molecule has 0 unspecified atom stereocenters. The molecule has 0 aliphatic heterocycles. The van der Waals surface area contributed by atoms with Crippen molar-refractivity contribution >= 4 is 21.8 Å². The maximum absolute atomic E-state index is 12.4. The predicted octanol–water partition coefficient (Wildman–Crippen LogP) is 3.56. The molecule has 110 valence electrons. The number of benzene rings is 1. The van der Waals surface area contributed by atoms with E-state index in [1.165, 1.54) is 0 Å². The minimum absolute atomic E-state index is 0.117. The summed E-state index contributed by atoms with van der Waals surface area (Å²) >= 11 is 3.43. The average molecular weight is 356 g/mol. The van der Waals surface area contributed by atoms with Gasteiger partial charge in [0.05, 0.1) is 11.9 Å². The predicted molar refractivity (Wildman–Crippen MR) is 88.9 cm³/mol. The monoisotopic (exact) mass is 355 g/mol. The Labute approximate surface area is 136 Å². The van der Waals surface area contributed by atoms with Gasteiger partial charge < -0.3 is 9.88 Å². The molecule has 3 rings (SSSR count). The molecule has 2 heterocycles. The zero-order valence-corrected chi connectivity index (χ0v) is 13.3. The van der Waals surface area contributed by atoms with Crippen molar-refractivity contribution < 1.29 is 4.79 Å². The summed E-state index contributed by atoms with van der Waals surface area (Å²) in [6, 6.07) is 15.3. The minimum atomic E-state index is -0.117. The number of aromatic nitrogens is 2. The lowest BCUT2D eigenvalue weighted by Gasteiger charge is -2.09. The van der Waals surface area contributed by atoms with Crippen molar-refractivity contribution in [1.29, 1.82) is 0 Å². The third-order valence-corrected chi connectivity index (χ3v) is 3.74. The molecule has 0 radical (unpaired) electrons. The van der Waals surface area contributed by atoms with Crippen LogP contribution >= 0.6 is 15.9 Å². The standard InChI is InChI=1S/C17H14BrN3O/c18-14-5-1-4-13(10-14)11-20-17(22)16-7-3-9-21(16)15-6-2-8-19-12-15/h1-10,12H,11H2,(H,20,22). The minimum Gasteiger partial charge on any atom is -0.347 e. The molecular weight excluding hydrogens is 342 g/mol. The highest BCUT2D eigenvalue weighted by Crippen LogP contribution is 2.13. The number of carbonyl (C=O) groups excluding carboxylic acids is 1. The van der Waals surface area contributed by atoms with E-state index in [2.05, 4.69) is 26.2 Å². The normalized spacial score (nSPS) is 10.4. The van der Waals surface area contributed by atoms with Crippen LogP contribution in [0.1, 0.15) is 16.1 Å². The van der Waals surface area contributed by atoms with Gasteiger partial charge in [-0.3, -0.25) is 9.78 Å². The lowest BCUT2D eigenvalue weighted by Crippen LogP contribution is -2.25. The first kappa shape index (κ1) is 14.5. The van der Waals surface area contributed by atoms with Gasteiger partial charge in [-0.15, -0.1) is 0 Å². The Morgan fingerprint density at radius 3 is 2.86 bits per heavy atom. The van der Waals surface area contributed by atoms with Crippen LogP contribution in [0.15, 0.2) is 71.6 Å². The van der Waals surface area contributed by atoms with Crippen molar-refractivity contribution in [1.82, 2.24) is 14.9 Å². The Morgan fingerprint density at radius 2 is 2.09 bits per heavy atom. The van der Waals surface area contributed by atoms with E-state index in [0.717, 1.165) is 15.7 Å². The molecule has 0 atom stereocenters. The Hall–Kier alpha value is -2.40. The van der Waals surface area contributed by atoms with Crippen LogP contribution in [0.2, 0.25) is 0 Å². The Bertz CT molecular complexity index is 783. The van der Waals surface area contributed by atoms with Gasteiger partial charge in [0.25, 0.3) is 5.91 Å². The second-order valence-electron chi connectivity index (χ2n) is 4.79. The van der Waals surface area contributed by atoms with Gasteiger partial charge in [-0.05, 0) is 42.0 Å². The number of nitrogens with one attached hydrogen (secondary N) is 1. The molecule has 1 amide bonds. The summed E-state index contributed by atoms with van der Waals surface area (Å²) in [7, 11) is 0. The maximum Gasteiger partial charge on any atom is 0.268 e. The fraction of sp³-hybridized carbons (Fsp3) is 0.0588. The van der Waals surface area contributed by atoms with Crippen LogP contribution < -0.4 is 5.32 Å². The van der Waals surface area contributed by atoms with Gasteiger partial charge in [-0.25, -0.2) is 0 Å². The molecule has 0 spiro atoms. The van der Waals surface area contributed by atoms with Crippen molar-refractivity contribution in [3.05, 3.63) is 82.9 Å². The van der Waals surface area contributed by atoms with E-state index in [1.807, 2.05) is 53.2 Å². The van der Waals surface area contributed by atoms with Crippen LogP contribution in [0, 0.1) is 0 Å². The lowest BCUT2D eigenvalue weighted by atomic mass is 10.2. The summed E-state index contributed by atoms with van der Waals surface area (Å²) in [6.07, 6.45) is 5.29. The molecule has 0 aliphatic rings. The molecule has 5 heteroatoms. The number of halogens is 1. The Morgan fingerprint density at radius 1 is 1.18 bits per heavy atom. The number of nitrogens with zero attached hydrogens (tertiary/aromatic N) is 2. The zero-order chi connectivity index (χ0) is 15.4. The molecular formula is C17H14BrN3O. The summed E-state index contributed by atoms with van der Waals surface area (Å²) in [5, 5.41) is 2.94. The summed E-state index contributed by atoms with van der Waals surface area (Å²) in [4.78, 5) is 16.5. The van der Waals surface area contributed by atoms with Crippen molar-refractivity contribution in [3.63, 3.8) is 0 Å². The highest BCUT2D eigenvalue weighted by Gasteiger charge is 2.11. The second-order valence-corrected chi connectivity index (χ2v) is 5.70. The van der Waals surface area contributed by atoms with E-state index >= 15 is 0 Å². The summed E-state index contributed by atoms with van der Waals surface area (Å²) in [5.74, 6) is -0.117. The third kappa shape index (κ3) is 3.26. The molecule has 4 nitrogen and oxygen atoms in total. The quantitative estimate of drug-likeness (QED) is 0.777. The summed E-state index contributed by atoms with van der Waals surface area (Å²) < 4.78 is 2.82. The highest BCUT2D eigenvalue weighted by molar-refractivity contribution is 9.10. The van der Waals surface area contributed by atoms with E-state index in [9.17, 15) is 4.79 Å². The van der Waals surface area contributed by atoms with Crippen molar-refractivity contribution in [2.75, 3.05) is 0 Å². The van der Waals surface area contributed by atoms with Crippen LogP contribution in [0.25, 0.3) is 5.69 Å². The first-order chi connectivity index (χ1) is 10.7. The first-order valence-electron chi connectivity index (χ1n) is 6.84. The van der Waals surface area contributed by atoms with E-state index < -0.39 is 0 Å². The topological polar surface area (TPSA) is 46.9 Å². The number of amides is 1. The van der Waals surface area contributed by atoms with E-state index in [4.69, 9.17) is 0 Å². The molecule has 3 aromatic rings. The number of carbonyl (C=O) groups is 1. The van der Waals surface area contributed by atoms with Gasteiger partial charge >= 0.3 is 0 Å². The highest BCUT2D eigenvalue weighted by atomic mass is 79.9. The number of hydrogen-bond donors (Lipinski definition) is 1. The van der Waals surface area contributed by atoms with Crippen LogP contribution in [0.5, 0.6) is 0 Å². The van der Waals surface area contributed by atoms with Crippen LogP contribution in [0.4, 0.5) is 0 Å². The molecule has 1 N–H and O–H groups in total. The lowest BCUT2D eigenvalue weighted by molar-refractivity contribution is 0.0944. The first-order valence-corrected chi connectivity index (χ1v) is 7.64. The van der Waals surface area contributed by atoms with Crippen LogP contribution in [-0.4, -0.2) is 15.5 Å². The molecule has 0 bridgehead atoms. The fourth-order valence-electron chi connectivity index (χ4n) is 2.21. The van der Waals surface area contributed by atoms with Crippen molar-refractivity contribution in [2.24, 2.45) is 0 Å². The van der Waals surface area contributed by atoms with Crippen LogP contribution in [-0.2, 0) is 6.54 Å². The molecule has 22 heavy (non-hydrogen) atoms. The van der Waals surface area contributed by atoms with Gasteiger partial charge in [0, 0.05) is 23.4 Å². The molecule has 0 saturated heterocycles. The van der Waals surface area contributed by atoms with Crippen molar-refractivity contribution in [3.8, 4) is 5.69 Å². The smallest absolute Gasteiger partial charge is 0.268 e. The van der Waals surface area contributed by atoms with Gasteiger partial charge in [-0.1, -0.05) is 28.1 Å². The van der Waals surface area contributed by atoms with Gasteiger partial charge in [-0.2, -0.15) is 0 Å². The molecule has 1 aromatic carbocycles. The zero-order valence-electron chi connectivity index (χ0n) is 11.7. The Balaban J connectivity index is 1.75. The third-order valence-electron chi connectivity index (χ3n) is 3.25.